The van der Waals surface area contributed by atoms with Gasteiger partial charge in [0, 0.05) is 12.7 Å². The molecule has 1 unspecified atom stereocenters. The average Bonchev–Trinajstić information content (AvgIpc) is 2.76. The van der Waals surface area contributed by atoms with Crippen molar-refractivity contribution >= 4 is 5.82 Å². The smallest absolute Gasteiger partial charge is 0.154 e. The molecule has 0 spiro atoms. The summed E-state index contributed by atoms with van der Waals surface area (Å²) in [6, 6.07) is 5.62. The van der Waals surface area contributed by atoms with E-state index in [0.29, 0.717) is 11.4 Å². The fourth-order valence-electron chi connectivity index (χ4n) is 1.71. The SMILES string of the molecule is Cc1ccc(C#N)c(NC(C)c2nncn2C)n1. The number of nitrogens with one attached hydrogen (secondary N) is 1. The zero-order chi connectivity index (χ0) is 13.1. The molecule has 1 N–H and O–H groups in total. The number of aromatic nitrogens is 4. The van der Waals surface area contributed by atoms with Crippen LogP contribution in [0, 0.1) is 18.3 Å². The molecule has 0 aliphatic carbocycles. The van der Waals surface area contributed by atoms with E-state index in [1.54, 1.807) is 12.4 Å². The second-order valence-corrected chi connectivity index (χ2v) is 4.13. The number of pyridine rings is 1. The van der Waals surface area contributed by atoms with Crippen LogP contribution in [0.4, 0.5) is 5.82 Å². The minimum absolute atomic E-state index is 0.0705. The summed E-state index contributed by atoms with van der Waals surface area (Å²) in [6.07, 6.45) is 1.64. The van der Waals surface area contributed by atoms with Gasteiger partial charge in [-0.25, -0.2) is 4.98 Å². The third-order valence-electron chi connectivity index (χ3n) is 2.64. The summed E-state index contributed by atoms with van der Waals surface area (Å²) in [4.78, 5) is 4.33. The van der Waals surface area contributed by atoms with Gasteiger partial charge in [0.1, 0.15) is 18.2 Å². The van der Waals surface area contributed by atoms with Crippen molar-refractivity contribution in [2.24, 2.45) is 7.05 Å². The van der Waals surface area contributed by atoms with Crippen LogP contribution in [0.25, 0.3) is 0 Å². The van der Waals surface area contributed by atoms with Gasteiger partial charge >= 0.3 is 0 Å². The lowest BCUT2D eigenvalue weighted by Gasteiger charge is -2.14. The molecule has 2 aromatic heterocycles. The number of nitriles is 1. The lowest BCUT2D eigenvalue weighted by atomic mass is 10.2. The molecule has 0 saturated carbocycles. The van der Waals surface area contributed by atoms with E-state index in [2.05, 4.69) is 26.6 Å². The summed E-state index contributed by atoms with van der Waals surface area (Å²) < 4.78 is 1.83. The molecule has 0 bridgehead atoms. The van der Waals surface area contributed by atoms with Crippen molar-refractivity contribution in [1.29, 1.82) is 5.26 Å². The number of hydrogen-bond donors (Lipinski definition) is 1. The molecule has 0 aliphatic heterocycles. The number of rotatable bonds is 3. The Kier molecular flexibility index (Phi) is 3.24. The van der Waals surface area contributed by atoms with Crippen LogP contribution < -0.4 is 5.32 Å². The summed E-state index contributed by atoms with van der Waals surface area (Å²) in [7, 11) is 1.88. The molecular weight excluding hydrogens is 228 g/mol. The molecule has 18 heavy (non-hydrogen) atoms. The van der Waals surface area contributed by atoms with Crippen LogP contribution in [-0.4, -0.2) is 19.7 Å². The van der Waals surface area contributed by atoms with Gasteiger partial charge in [0.2, 0.25) is 0 Å². The number of aryl methyl sites for hydroxylation is 2. The molecular formula is C12H14N6. The second kappa shape index (κ2) is 4.84. The van der Waals surface area contributed by atoms with Gasteiger partial charge in [-0.2, -0.15) is 5.26 Å². The van der Waals surface area contributed by atoms with Gasteiger partial charge in [-0.1, -0.05) is 0 Å². The zero-order valence-corrected chi connectivity index (χ0v) is 10.5. The summed E-state index contributed by atoms with van der Waals surface area (Å²) >= 11 is 0. The maximum atomic E-state index is 9.04. The van der Waals surface area contributed by atoms with E-state index in [-0.39, 0.29) is 6.04 Å². The Morgan fingerprint density at radius 1 is 1.44 bits per heavy atom. The lowest BCUT2D eigenvalue weighted by molar-refractivity contribution is 0.716. The van der Waals surface area contributed by atoms with Gasteiger partial charge in [0.25, 0.3) is 0 Å². The first-order valence-electron chi connectivity index (χ1n) is 5.60. The molecule has 0 amide bonds. The van der Waals surface area contributed by atoms with Crippen molar-refractivity contribution in [3.63, 3.8) is 0 Å². The van der Waals surface area contributed by atoms with Gasteiger partial charge in [0.15, 0.2) is 5.82 Å². The monoisotopic (exact) mass is 242 g/mol. The largest absolute Gasteiger partial charge is 0.359 e. The van der Waals surface area contributed by atoms with Crippen molar-refractivity contribution in [1.82, 2.24) is 19.7 Å². The van der Waals surface area contributed by atoms with Gasteiger partial charge in [-0.05, 0) is 26.0 Å². The fourth-order valence-corrected chi connectivity index (χ4v) is 1.71. The van der Waals surface area contributed by atoms with Crippen LogP contribution in [0.2, 0.25) is 0 Å². The predicted molar refractivity (Wildman–Crippen MR) is 66.7 cm³/mol. The predicted octanol–water partition coefficient (Wildman–Crippen LogP) is 1.56. The van der Waals surface area contributed by atoms with Crippen LogP contribution in [0.1, 0.15) is 30.0 Å². The molecule has 0 saturated heterocycles. The quantitative estimate of drug-likeness (QED) is 0.883. The first-order valence-corrected chi connectivity index (χ1v) is 5.60. The van der Waals surface area contributed by atoms with E-state index >= 15 is 0 Å². The molecule has 0 aliphatic rings. The Morgan fingerprint density at radius 2 is 2.22 bits per heavy atom. The van der Waals surface area contributed by atoms with Gasteiger partial charge < -0.3 is 9.88 Å². The highest BCUT2D eigenvalue weighted by atomic mass is 15.3. The number of hydrogen-bond acceptors (Lipinski definition) is 5. The summed E-state index contributed by atoms with van der Waals surface area (Å²) in [5, 5.41) is 20.1. The number of anilines is 1. The normalized spacial score (nSPS) is 11.9. The maximum Gasteiger partial charge on any atom is 0.154 e. The Bertz CT molecular complexity index is 595. The van der Waals surface area contributed by atoms with E-state index in [1.165, 1.54) is 0 Å². The van der Waals surface area contributed by atoms with E-state index < -0.39 is 0 Å². The van der Waals surface area contributed by atoms with Crippen LogP contribution in [0.3, 0.4) is 0 Å². The van der Waals surface area contributed by atoms with E-state index in [9.17, 15) is 0 Å². The highest BCUT2D eigenvalue weighted by Gasteiger charge is 2.13. The maximum absolute atomic E-state index is 9.04. The zero-order valence-electron chi connectivity index (χ0n) is 10.5. The third-order valence-corrected chi connectivity index (χ3v) is 2.64. The highest BCUT2D eigenvalue weighted by Crippen LogP contribution is 2.19. The molecule has 2 heterocycles. The lowest BCUT2D eigenvalue weighted by Crippen LogP contribution is -2.14. The fraction of sp³-hybridized carbons (Fsp3) is 0.333. The molecule has 1 atom stereocenters. The Labute approximate surface area is 105 Å². The summed E-state index contributed by atoms with van der Waals surface area (Å²) in [5.74, 6) is 1.37. The molecule has 0 fully saturated rings. The van der Waals surface area contributed by atoms with Crippen LogP contribution in [0.5, 0.6) is 0 Å². The Morgan fingerprint density at radius 3 is 2.83 bits per heavy atom. The van der Waals surface area contributed by atoms with Gasteiger partial charge in [0.05, 0.1) is 11.6 Å². The molecule has 6 heteroatoms. The van der Waals surface area contributed by atoms with Crippen LogP contribution in [0.15, 0.2) is 18.5 Å². The minimum atomic E-state index is -0.0705. The van der Waals surface area contributed by atoms with E-state index in [0.717, 1.165) is 11.5 Å². The van der Waals surface area contributed by atoms with Crippen molar-refractivity contribution in [3.8, 4) is 6.07 Å². The molecule has 0 aromatic carbocycles. The first-order chi connectivity index (χ1) is 8.61. The highest BCUT2D eigenvalue weighted by molar-refractivity contribution is 5.52. The van der Waals surface area contributed by atoms with Crippen molar-refractivity contribution < 1.29 is 0 Å². The van der Waals surface area contributed by atoms with Crippen molar-refractivity contribution in [2.45, 2.75) is 19.9 Å². The topological polar surface area (TPSA) is 79.4 Å². The van der Waals surface area contributed by atoms with Crippen LogP contribution in [-0.2, 0) is 7.05 Å². The van der Waals surface area contributed by atoms with Crippen LogP contribution >= 0.6 is 0 Å². The molecule has 2 rings (SSSR count). The molecule has 2 aromatic rings. The summed E-state index contributed by atoms with van der Waals surface area (Å²) in [5.41, 5.74) is 1.39. The van der Waals surface area contributed by atoms with E-state index in [1.807, 2.05) is 31.5 Å². The van der Waals surface area contributed by atoms with Gasteiger partial charge in [-0.3, -0.25) is 0 Å². The third kappa shape index (κ3) is 2.30. The van der Waals surface area contributed by atoms with Crippen molar-refractivity contribution in [2.75, 3.05) is 5.32 Å². The molecule has 0 radical (unpaired) electrons. The molecule has 6 nitrogen and oxygen atoms in total. The summed E-state index contributed by atoms with van der Waals surface area (Å²) in [6.45, 7) is 3.84. The Balaban J connectivity index is 2.27. The van der Waals surface area contributed by atoms with E-state index in [4.69, 9.17) is 5.26 Å². The van der Waals surface area contributed by atoms with Gasteiger partial charge in [-0.15, -0.1) is 10.2 Å². The average molecular weight is 242 g/mol. The number of nitrogens with zero attached hydrogens (tertiary/aromatic N) is 5. The minimum Gasteiger partial charge on any atom is -0.359 e. The second-order valence-electron chi connectivity index (χ2n) is 4.13. The molecule has 92 valence electrons. The standard InChI is InChI=1S/C12H14N6/c1-8-4-5-10(6-13)11(15-8)16-9(2)12-17-14-7-18(12)3/h4-5,7,9H,1-3H3,(H,15,16). The van der Waals surface area contributed by atoms with Crippen molar-refractivity contribution in [3.05, 3.63) is 35.5 Å². The Hall–Kier alpha value is -2.42. The first kappa shape index (κ1) is 12.0.